The van der Waals surface area contributed by atoms with Gasteiger partial charge in [-0.2, -0.15) is 14.9 Å². The Morgan fingerprint density at radius 3 is 2.70 bits per heavy atom. The van der Waals surface area contributed by atoms with Gasteiger partial charge in [0.15, 0.2) is 5.82 Å². The lowest BCUT2D eigenvalue weighted by atomic mass is 10.2. The number of aromatic amines is 1. The third-order valence-corrected chi connectivity index (χ3v) is 3.48. The van der Waals surface area contributed by atoms with E-state index in [1.165, 1.54) is 0 Å². The van der Waals surface area contributed by atoms with Gasteiger partial charge in [0.05, 0.1) is 12.8 Å². The highest BCUT2D eigenvalue weighted by atomic mass is 32.1. The van der Waals surface area contributed by atoms with Crippen molar-refractivity contribution < 1.29 is 4.74 Å². The third kappa shape index (κ3) is 3.37. The fourth-order valence-electron chi connectivity index (χ4n) is 2.17. The van der Waals surface area contributed by atoms with Crippen molar-refractivity contribution in [3.63, 3.8) is 0 Å². The van der Waals surface area contributed by atoms with Crippen LogP contribution in [0.3, 0.4) is 0 Å². The van der Waals surface area contributed by atoms with E-state index >= 15 is 0 Å². The fourth-order valence-corrected chi connectivity index (χ4v) is 2.35. The normalized spacial score (nSPS) is 11.0. The predicted molar refractivity (Wildman–Crippen MR) is 93.5 cm³/mol. The molecule has 0 atom stereocenters. The van der Waals surface area contributed by atoms with Gasteiger partial charge in [0, 0.05) is 11.1 Å². The molecule has 0 fully saturated rings. The average Bonchev–Trinajstić information content (AvgIpc) is 2.96. The second-order valence-electron chi connectivity index (χ2n) is 4.75. The van der Waals surface area contributed by atoms with Gasteiger partial charge in [0.1, 0.15) is 5.75 Å². The Bertz CT molecular complexity index is 868. The molecule has 0 amide bonds. The maximum Gasteiger partial charge on any atom is 0.216 e. The van der Waals surface area contributed by atoms with Crippen LogP contribution in [0.1, 0.15) is 12.5 Å². The number of nitrogens with zero attached hydrogens (tertiary/aromatic N) is 3. The lowest BCUT2D eigenvalue weighted by Crippen LogP contribution is -1.98. The van der Waals surface area contributed by atoms with Crippen molar-refractivity contribution in [3.8, 4) is 17.1 Å². The van der Waals surface area contributed by atoms with Crippen LogP contribution in [0.25, 0.3) is 11.4 Å². The van der Waals surface area contributed by atoms with E-state index in [1.807, 2.05) is 61.5 Å². The van der Waals surface area contributed by atoms with Crippen LogP contribution < -0.4 is 4.74 Å². The fraction of sp³-hybridized carbons (Fsp3) is 0.118. The molecule has 6 heteroatoms. The molecule has 0 saturated carbocycles. The Balaban J connectivity index is 1.98. The first-order valence-electron chi connectivity index (χ1n) is 7.28. The molecule has 1 N–H and O–H groups in total. The molecule has 3 aromatic rings. The Kier molecular flexibility index (Phi) is 4.63. The van der Waals surface area contributed by atoms with Crippen molar-refractivity contribution in [1.82, 2.24) is 14.9 Å². The van der Waals surface area contributed by atoms with Crippen molar-refractivity contribution in [1.29, 1.82) is 0 Å². The molecule has 0 radical (unpaired) electrons. The van der Waals surface area contributed by atoms with E-state index in [2.05, 4.69) is 15.3 Å². The molecule has 0 saturated heterocycles. The Morgan fingerprint density at radius 2 is 1.91 bits per heavy atom. The molecular weight excluding hydrogens is 308 g/mol. The first kappa shape index (κ1) is 15.2. The zero-order valence-corrected chi connectivity index (χ0v) is 13.5. The minimum absolute atomic E-state index is 0.439. The highest BCUT2D eigenvalue weighted by Crippen LogP contribution is 2.18. The molecule has 5 nitrogen and oxygen atoms in total. The van der Waals surface area contributed by atoms with Crippen LogP contribution in [0.5, 0.6) is 5.75 Å². The van der Waals surface area contributed by atoms with Crippen molar-refractivity contribution in [2.75, 3.05) is 6.61 Å². The van der Waals surface area contributed by atoms with E-state index in [1.54, 1.807) is 10.9 Å². The molecule has 116 valence electrons. The molecular formula is C17H16N4OS. The van der Waals surface area contributed by atoms with Crippen LogP contribution >= 0.6 is 12.2 Å². The van der Waals surface area contributed by atoms with Crippen molar-refractivity contribution in [2.45, 2.75) is 6.92 Å². The lowest BCUT2D eigenvalue weighted by molar-refractivity contribution is 0.340. The highest BCUT2D eigenvalue weighted by Gasteiger charge is 2.07. The smallest absolute Gasteiger partial charge is 0.216 e. The number of rotatable bonds is 5. The lowest BCUT2D eigenvalue weighted by Gasteiger charge is -2.06. The van der Waals surface area contributed by atoms with Gasteiger partial charge >= 0.3 is 0 Å². The Labute approximate surface area is 139 Å². The second-order valence-corrected chi connectivity index (χ2v) is 5.13. The quantitative estimate of drug-likeness (QED) is 0.572. The third-order valence-electron chi connectivity index (χ3n) is 3.21. The number of aromatic nitrogens is 3. The van der Waals surface area contributed by atoms with Gasteiger partial charge in [-0.3, -0.25) is 0 Å². The van der Waals surface area contributed by atoms with Gasteiger partial charge < -0.3 is 4.74 Å². The largest absolute Gasteiger partial charge is 0.493 e. The molecule has 0 aliphatic heterocycles. The molecule has 23 heavy (non-hydrogen) atoms. The summed E-state index contributed by atoms with van der Waals surface area (Å²) in [5, 5.41) is 11.5. The van der Waals surface area contributed by atoms with Crippen LogP contribution in [0.2, 0.25) is 0 Å². The van der Waals surface area contributed by atoms with Crippen LogP contribution in [-0.2, 0) is 0 Å². The molecule has 0 aliphatic carbocycles. The number of H-pyrrole nitrogens is 1. The van der Waals surface area contributed by atoms with Crippen LogP contribution in [-0.4, -0.2) is 27.7 Å². The van der Waals surface area contributed by atoms with Gasteiger partial charge in [0.25, 0.3) is 0 Å². The summed E-state index contributed by atoms with van der Waals surface area (Å²) in [6.45, 7) is 2.55. The van der Waals surface area contributed by atoms with Gasteiger partial charge in [0.2, 0.25) is 4.77 Å². The Hall–Kier alpha value is -2.73. The minimum atomic E-state index is 0.439. The number of hydrogen-bond acceptors (Lipinski definition) is 4. The summed E-state index contributed by atoms with van der Waals surface area (Å²) in [5.74, 6) is 1.45. The van der Waals surface area contributed by atoms with Crippen molar-refractivity contribution in [3.05, 3.63) is 64.9 Å². The number of benzene rings is 2. The highest BCUT2D eigenvalue weighted by molar-refractivity contribution is 7.71. The van der Waals surface area contributed by atoms with Crippen LogP contribution in [0.4, 0.5) is 0 Å². The predicted octanol–water partition coefficient (Wildman–Crippen LogP) is 3.89. The maximum atomic E-state index is 5.60. The summed E-state index contributed by atoms with van der Waals surface area (Å²) in [6, 6.07) is 17.5. The SMILES string of the molecule is CCOc1ccccc1C=Nn1c(-c2ccccc2)n[nH]c1=S. The van der Waals surface area contributed by atoms with Crippen molar-refractivity contribution >= 4 is 18.4 Å². The van der Waals surface area contributed by atoms with Gasteiger partial charge in [-0.25, -0.2) is 5.10 Å². The molecule has 0 aliphatic rings. The summed E-state index contributed by atoms with van der Waals surface area (Å²) in [7, 11) is 0. The van der Waals surface area contributed by atoms with E-state index < -0.39 is 0 Å². The summed E-state index contributed by atoms with van der Waals surface area (Å²) in [5.41, 5.74) is 1.83. The molecule has 0 bridgehead atoms. The van der Waals surface area contributed by atoms with Crippen LogP contribution in [0, 0.1) is 4.77 Å². The minimum Gasteiger partial charge on any atom is -0.493 e. The van der Waals surface area contributed by atoms with Crippen LogP contribution in [0.15, 0.2) is 59.7 Å². The van der Waals surface area contributed by atoms with Gasteiger partial charge in [-0.15, -0.1) is 0 Å². The second kappa shape index (κ2) is 7.02. The average molecular weight is 324 g/mol. The molecule has 1 aromatic heterocycles. The monoisotopic (exact) mass is 324 g/mol. The zero-order chi connectivity index (χ0) is 16.1. The summed E-state index contributed by atoms with van der Waals surface area (Å²) < 4.78 is 7.65. The number of ether oxygens (including phenoxy) is 1. The summed E-state index contributed by atoms with van der Waals surface area (Å²) in [6.07, 6.45) is 1.72. The van der Waals surface area contributed by atoms with Gasteiger partial charge in [-0.1, -0.05) is 42.5 Å². The summed E-state index contributed by atoms with van der Waals surface area (Å²) >= 11 is 5.27. The van der Waals surface area contributed by atoms with Gasteiger partial charge in [-0.05, 0) is 31.3 Å². The van der Waals surface area contributed by atoms with E-state index in [0.29, 0.717) is 17.2 Å². The molecule has 1 heterocycles. The van der Waals surface area contributed by atoms with E-state index in [4.69, 9.17) is 17.0 Å². The summed E-state index contributed by atoms with van der Waals surface area (Å²) in [4.78, 5) is 0. The van der Waals surface area contributed by atoms with E-state index in [-0.39, 0.29) is 0 Å². The topological polar surface area (TPSA) is 55.2 Å². The molecule has 0 spiro atoms. The maximum absolute atomic E-state index is 5.60. The molecule has 2 aromatic carbocycles. The standard InChI is InChI=1S/C17H16N4OS/c1-2-22-15-11-7-6-10-14(15)12-18-21-16(19-20-17(21)23)13-8-4-3-5-9-13/h3-12H,2H2,1H3,(H,20,23). The van der Waals surface area contributed by atoms with Crippen molar-refractivity contribution in [2.24, 2.45) is 5.10 Å². The zero-order valence-electron chi connectivity index (χ0n) is 12.6. The first-order chi connectivity index (χ1) is 11.3. The first-order valence-corrected chi connectivity index (χ1v) is 7.69. The Morgan fingerprint density at radius 1 is 1.17 bits per heavy atom. The number of nitrogens with one attached hydrogen (secondary N) is 1. The molecule has 0 unspecified atom stereocenters. The number of hydrogen-bond donors (Lipinski definition) is 1. The molecule has 3 rings (SSSR count). The van der Waals surface area contributed by atoms with E-state index in [9.17, 15) is 0 Å². The number of para-hydroxylation sites is 1. The van der Waals surface area contributed by atoms with E-state index in [0.717, 1.165) is 16.9 Å².